The standard InChI is InChI=1S/C14H10BrF2N3/c1-7-2-4-9(16)13(12(7)17)20-11-6-8(15)3-5-10(11)19-14(20)18/h2-6H,1H3,(H2,18,19). The Morgan fingerprint density at radius 3 is 2.70 bits per heavy atom. The van der Waals surface area contributed by atoms with Gasteiger partial charge in [-0.2, -0.15) is 0 Å². The highest BCUT2D eigenvalue weighted by molar-refractivity contribution is 9.10. The largest absolute Gasteiger partial charge is 0.369 e. The van der Waals surface area contributed by atoms with Crippen molar-refractivity contribution in [1.29, 1.82) is 0 Å². The molecular formula is C14H10BrF2N3. The Labute approximate surface area is 122 Å². The molecule has 3 nitrogen and oxygen atoms in total. The van der Waals surface area contributed by atoms with Gasteiger partial charge in [0.2, 0.25) is 5.95 Å². The van der Waals surface area contributed by atoms with Crippen LogP contribution in [-0.4, -0.2) is 9.55 Å². The van der Waals surface area contributed by atoms with Gasteiger partial charge >= 0.3 is 0 Å². The molecule has 0 fully saturated rings. The first-order valence-corrected chi connectivity index (χ1v) is 6.67. The van der Waals surface area contributed by atoms with Crippen LogP contribution < -0.4 is 5.73 Å². The van der Waals surface area contributed by atoms with E-state index in [9.17, 15) is 8.78 Å². The SMILES string of the molecule is Cc1ccc(F)c(-n2c(N)nc3ccc(Br)cc32)c1F. The van der Waals surface area contributed by atoms with E-state index in [1.807, 2.05) is 0 Å². The Morgan fingerprint density at radius 2 is 1.95 bits per heavy atom. The number of hydrogen-bond acceptors (Lipinski definition) is 2. The smallest absolute Gasteiger partial charge is 0.206 e. The lowest BCUT2D eigenvalue weighted by Crippen LogP contribution is -2.06. The minimum absolute atomic E-state index is 0.0431. The fourth-order valence-corrected chi connectivity index (χ4v) is 2.50. The van der Waals surface area contributed by atoms with Crippen molar-refractivity contribution in [2.24, 2.45) is 0 Å². The van der Waals surface area contributed by atoms with Gasteiger partial charge < -0.3 is 5.73 Å². The van der Waals surface area contributed by atoms with Gasteiger partial charge in [0.05, 0.1) is 11.0 Å². The maximum Gasteiger partial charge on any atom is 0.206 e. The molecule has 20 heavy (non-hydrogen) atoms. The molecule has 0 saturated carbocycles. The van der Waals surface area contributed by atoms with Crippen molar-refractivity contribution in [3.05, 3.63) is 52.0 Å². The summed E-state index contributed by atoms with van der Waals surface area (Å²) in [6.07, 6.45) is 0. The van der Waals surface area contributed by atoms with Gasteiger partial charge in [0.1, 0.15) is 11.5 Å². The fourth-order valence-electron chi connectivity index (χ4n) is 2.15. The van der Waals surface area contributed by atoms with E-state index in [1.165, 1.54) is 16.7 Å². The summed E-state index contributed by atoms with van der Waals surface area (Å²) in [6, 6.07) is 7.86. The van der Waals surface area contributed by atoms with Crippen molar-refractivity contribution in [3.8, 4) is 5.69 Å². The molecule has 0 aliphatic heterocycles. The maximum atomic E-state index is 14.3. The molecule has 3 aromatic rings. The summed E-state index contributed by atoms with van der Waals surface area (Å²) in [5.74, 6) is -1.28. The fraction of sp³-hybridized carbons (Fsp3) is 0.0714. The van der Waals surface area contributed by atoms with Crippen LogP contribution in [0, 0.1) is 18.6 Å². The number of hydrogen-bond donors (Lipinski definition) is 1. The average Bonchev–Trinajstić information content (AvgIpc) is 2.71. The Balaban J connectivity index is 2.44. The lowest BCUT2D eigenvalue weighted by molar-refractivity contribution is 0.566. The average molecular weight is 338 g/mol. The molecule has 0 amide bonds. The van der Waals surface area contributed by atoms with Gasteiger partial charge in [-0.25, -0.2) is 13.8 Å². The highest BCUT2D eigenvalue weighted by Crippen LogP contribution is 2.29. The van der Waals surface area contributed by atoms with Crippen molar-refractivity contribution < 1.29 is 8.78 Å². The van der Waals surface area contributed by atoms with Crippen molar-refractivity contribution in [2.45, 2.75) is 6.92 Å². The van der Waals surface area contributed by atoms with E-state index in [2.05, 4.69) is 20.9 Å². The number of aryl methyl sites for hydroxylation is 1. The third kappa shape index (κ3) is 1.87. The number of halogens is 3. The number of anilines is 1. The maximum absolute atomic E-state index is 14.3. The van der Waals surface area contributed by atoms with E-state index in [4.69, 9.17) is 5.73 Å². The van der Waals surface area contributed by atoms with Crippen molar-refractivity contribution in [1.82, 2.24) is 9.55 Å². The summed E-state index contributed by atoms with van der Waals surface area (Å²) < 4.78 is 30.4. The third-order valence-electron chi connectivity index (χ3n) is 3.13. The van der Waals surface area contributed by atoms with Gasteiger partial charge in [0.25, 0.3) is 0 Å². The van der Waals surface area contributed by atoms with Gasteiger partial charge in [-0.05, 0) is 36.8 Å². The summed E-state index contributed by atoms with van der Waals surface area (Å²) in [5.41, 5.74) is 7.08. The van der Waals surface area contributed by atoms with Gasteiger partial charge in [-0.15, -0.1) is 0 Å². The van der Waals surface area contributed by atoms with Crippen LogP contribution in [0.2, 0.25) is 0 Å². The molecule has 0 bridgehead atoms. The number of nitrogens with zero attached hydrogens (tertiary/aromatic N) is 2. The Hall–Kier alpha value is -1.95. The summed E-state index contributed by atoms with van der Waals surface area (Å²) in [6.45, 7) is 1.57. The predicted molar refractivity (Wildman–Crippen MR) is 77.8 cm³/mol. The van der Waals surface area contributed by atoms with Gasteiger partial charge in [0.15, 0.2) is 5.82 Å². The monoisotopic (exact) mass is 337 g/mol. The van der Waals surface area contributed by atoms with Crippen molar-refractivity contribution >= 4 is 32.9 Å². The third-order valence-corrected chi connectivity index (χ3v) is 3.62. The van der Waals surface area contributed by atoms with Gasteiger partial charge in [0, 0.05) is 4.47 Å². The number of rotatable bonds is 1. The molecule has 1 aromatic heterocycles. The van der Waals surface area contributed by atoms with Crippen molar-refractivity contribution in [2.75, 3.05) is 5.73 Å². The number of imidazole rings is 1. The molecule has 3 rings (SSSR count). The lowest BCUT2D eigenvalue weighted by Gasteiger charge is -2.11. The van der Waals surface area contributed by atoms with E-state index >= 15 is 0 Å². The van der Waals surface area contributed by atoms with Crippen LogP contribution in [0.15, 0.2) is 34.8 Å². The molecule has 2 N–H and O–H groups in total. The molecule has 102 valence electrons. The lowest BCUT2D eigenvalue weighted by atomic mass is 10.2. The van der Waals surface area contributed by atoms with E-state index in [-0.39, 0.29) is 11.6 Å². The Bertz CT molecular complexity index is 827. The number of aromatic nitrogens is 2. The molecule has 6 heteroatoms. The van der Waals surface area contributed by atoms with Gasteiger partial charge in [-0.3, -0.25) is 4.57 Å². The first kappa shape index (κ1) is 13.1. The van der Waals surface area contributed by atoms with Crippen LogP contribution in [0.25, 0.3) is 16.7 Å². The molecule has 2 aromatic carbocycles. The zero-order chi connectivity index (χ0) is 14.4. The zero-order valence-electron chi connectivity index (χ0n) is 10.5. The summed E-state index contributed by atoms with van der Waals surface area (Å²) in [7, 11) is 0. The number of benzene rings is 2. The first-order chi connectivity index (χ1) is 9.49. The highest BCUT2D eigenvalue weighted by Gasteiger charge is 2.19. The van der Waals surface area contributed by atoms with Crippen molar-refractivity contribution in [3.63, 3.8) is 0 Å². The predicted octanol–water partition coefficient (Wildman–Crippen LogP) is 3.96. The second-order valence-electron chi connectivity index (χ2n) is 4.47. The molecule has 0 aliphatic carbocycles. The minimum Gasteiger partial charge on any atom is -0.369 e. The Morgan fingerprint density at radius 1 is 1.20 bits per heavy atom. The van der Waals surface area contributed by atoms with Crippen LogP contribution in [-0.2, 0) is 0 Å². The highest BCUT2D eigenvalue weighted by atomic mass is 79.9. The van der Waals surface area contributed by atoms with Crippen LogP contribution >= 0.6 is 15.9 Å². The molecular weight excluding hydrogens is 328 g/mol. The molecule has 0 atom stereocenters. The molecule has 0 radical (unpaired) electrons. The van der Waals surface area contributed by atoms with Crippen LogP contribution in [0.1, 0.15) is 5.56 Å². The number of nitrogens with two attached hydrogens (primary N) is 1. The quantitative estimate of drug-likeness (QED) is 0.730. The normalized spacial score (nSPS) is 11.2. The second kappa shape index (κ2) is 4.56. The number of fused-ring (bicyclic) bond motifs is 1. The molecule has 1 heterocycles. The summed E-state index contributed by atoms with van der Waals surface area (Å²) in [4.78, 5) is 4.13. The van der Waals surface area contributed by atoms with E-state index < -0.39 is 11.6 Å². The van der Waals surface area contributed by atoms with Gasteiger partial charge in [-0.1, -0.05) is 22.0 Å². The second-order valence-corrected chi connectivity index (χ2v) is 5.38. The number of nitrogen functional groups attached to an aromatic ring is 1. The van der Waals surface area contributed by atoms with E-state index in [1.54, 1.807) is 25.1 Å². The Kier molecular flexibility index (Phi) is 2.97. The van der Waals surface area contributed by atoms with Crippen LogP contribution in [0.5, 0.6) is 0 Å². The topological polar surface area (TPSA) is 43.8 Å². The van der Waals surface area contributed by atoms with E-state index in [0.717, 1.165) is 4.47 Å². The molecule has 0 unspecified atom stereocenters. The van der Waals surface area contributed by atoms with Crippen LogP contribution in [0.4, 0.5) is 14.7 Å². The van der Waals surface area contributed by atoms with E-state index in [0.29, 0.717) is 16.6 Å². The summed E-state index contributed by atoms with van der Waals surface area (Å²) >= 11 is 3.33. The minimum atomic E-state index is -0.681. The molecule has 0 aliphatic rings. The molecule has 0 saturated heterocycles. The summed E-state index contributed by atoms with van der Waals surface area (Å²) in [5, 5.41) is 0. The zero-order valence-corrected chi connectivity index (χ0v) is 12.1. The van der Waals surface area contributed by atoms with Crippen LogP contribution in [0.3, 0.4) is 0 Å². The first-order valence-electron chi connectivity index (χ1n) is 5.87. The molecule has 0 spiro atoms.